The monoisotopic (exact) mass is 284 g/mol. The van der Waals surface area contributed by atoms with Gasteiger partial charge in [-0.05, 0) is 12.1 Å². The van der Waals surface area contributed by atoms with E-state index in [1.165, 1.54) is 0 Å². The fourth-order valence-electron chi connectivity index (χ4n) is 1.67. The Bertz CT molecular complexity index is 330. The van der Waals surface area contributed by atoms with Crippen LogP contribution < -0.4 is 10.2 Å². The van der Waals surface area contributed by atoms with E-state index in [-0.39, 0.29) is 30.6 Å². The van der Waals surface area contributed by atoms with Crippen LogP contribution in [0.3, 0.4) is 0 Å². The lowest BCUT2D eigenvalue weighted by Gasteiger charge is -2.29. The van der Waals surface area contributed by atoms with Gasteiger partial charge in [-0.2, -0.15) is 0 Å². The molecular formula is C10H15Cl3N2O. The minimum Gasteiger partial charge on any atom is -0.506 e. The number of nitrogens with one attached hydrogen (secondary N) is 1. The average Bonchev–Trinajstić information content (AvgIpc) is 2.19. The quantitative estimate of drug-likeness (QED) is 0.831. The van der Waals surface area contributed by atoms with Gasteiger partial charge in [-0.1, -0.05) is 11.6 Å². The van der Waals surface area contributed by atoms with Crippen molar-refractivity contribution >= 4 is 42.1 Å². The molecule has 0 aliphatic carbocycles. The molecule has 6 heteroatoms. The lowest BCUT2D eigenvalue weighted by molar-refractivity contribution is 0.470. The van der Waals surface area contributed by atoms with Gasteiger partial charge in [0.15, 0.2) is 0 Å². The first-order valence-corrected chi connectivity index (χ1v) is 5.09. The van der Waals surface area contributed by atoms with Gasteiger partial charge in [-0.25, -0.2) is 0 Å². The molecule has 2 N–H and O–H groups in total. The number of aromatic hydroxyl groups is 1. The predicted molar refractivity (Wildman–Crippen MR) is 72.7 cm³/mol. The van der Waals surface area contributed by atoms with Crippen LogP contribution in [-0.2, 0) is 0 Å². The first-order valence-electron chi connectivity index (χ1n) is 4.71. The Morgan fingerprint density at radius 1 is 1.19 bits per heavy atom. The van der Waals surface area contributed by atoms with Crippen LogP contribution in [0.4, 0.5) is 5.69 Å². The van der Waals surface area contributed by atoms with E-state index >= 15 is 0 Å². The highest BCUT2D eigenvalue weighted by Crippen LogP contribution is 2.29. The van der Waals surface area contributed by atoms with Gasteiger partial charge in [0.2, 0.25) is 0 Å². The first-order chi connectivity index (χ1) is 6.77. The van der Waals surface area contributed by atoms with Crippen molar-refractivity contribution in [2.75, 3.05) is 31.1 Å². The van der Waals surface area contributed by atoms with Gasteiger partial charge < -0.3 is 15.3 Å². The van der Waals surface area contributed by atoms with E-state index in [4.69, 9.17) is 11.6 Å². The number of benzene rings is 1. The van der Waals surface area contributed by atoms with E-state index in [0.717, 1.165) is 31.9 Å². The number of hydrogen-bond acceptors (Lipinski definition) is 3. The van der Waals surface area contributed by atoms with E-state index in [0.29, 0.717) is 5.02 Å². The van der Waals surface area contributed by atoms with Crippen molar-refractivity contribution in [2.45, 2.75) is 0 Å². The minimum absolute atomic E-state index is 0. The Morgan fingerprint density at radius 3 is 2.38 bits per heavy atom. The van der Waals surface area contributed by atoms with E-state index < -0.39 is 0 Å². The zero-order valence-electron chi connectivity index (χ0n) is 8.65. The van der Waals surface area contributed by atoms with Crippen molar-refractivity contribution in [1.29, 1.82) is 0 Å². The van der Waals surface area contributed by atoms with Crippen molar-refractivity contribution in [3.63, 3.8) is 0 Å². The SMILES string of the molecule is Cl.Cl.Oc1cc(Cl)ccc1N1CCNCC1. The van der Waals surface area contributed by atoms with E-state index in [1.807, 2.05) is 6.07 Å². The van der Waals surface area contributed by atoms with Crippen LogP contribution in [0, 0.1) is 0 Å². The van der Waals surface area contributed by atoms with Crippen molar-refractivity contribution in [3.8, 4) is 5.75 Å². The topological polar surface area (TPSA) is 35.5 Å². The first kappa shape index (κ1) is 15.7. The zero-order valence-corrected chi connectivity index (χ0v) is 11.0. The van der Waals surface area contributed by atoms with Gasteiger partial charge in [-0.3, -0.25) is 0 Å². The summed E-state index contributed by atoms with van der Waals surface area (Å²) < 4.78 is 0. The van der Waals surface area contributed by atoms with Gasteiger partial charge in [0.25, 0.3) is 0 Å². The third-order valence-electron chi connectivity index (χ3n) is 2.40. The number of phenolic OH excluding ortho intramolecular Hbond substituents is 1. The van der Waals surface area contributed by atoms with Crippen molar-refractivity contribution in [2.24, 2.45) is 0 Å². The lowest BCUT2D eigenvalue weighted by Crippen LogP contribution is -2.43. The molecule has 0 saturated carbocycles. The van der Waals surface area contributed by atoms with Crippen LogP contribution in [0.2, 0.25) is 5.02 Å². The highest BCUT2D eigenvalue weighted by Gasteiger charge is 2.13. The molecule has 0 atom stereocenters. The molecule has 1 aliphatic rings. The second-order valence-electron chi connectivity index (χ2n) is 3.37. The number of piperazine rings is 1. The Morgan fingerprint density at radius 2 is 1.81 bits per heavy atom. The number of hydrogen-bond donors (Lipinski definition) is 2. The highest BCUT2D eigenvalue weighted by molar-refractivity contribution is 6.30. The summed E-state index contributed by atoms with van der Waals surface area (Å²) in [5, 5.41) is 13.5. The molecule has 0 spiro atoms. The summed E-state index contributed by atoms with van der Waals surface area (Å²) in [6.07, 6.45) is 0. The van der Waals surface area contributed by atoms with Crippen molar-refractivity contribution in [1.82, 2.24) is 5.32 Å². The van der Waals surface area contributed by atoms with Gasteiger partial charge in [0.05, 0.1) is 5.69 Å². The normalized spacial score (nSPS) is 14.9. The number of nitrogens with zero attached hydrogens (tertiary/aromatic N) is 1. The summed E-state index contributed by atoms with van der Waals surface area (Å²) in [4.78, 5) is 2.15. The molecular weight excluding hydrogens is 270 g/mol. The smallest absolute Gasteiger partial charge is 0.140 e. The fraction of sp³-hybridized carbons (Fsp3) is 0.400. The maximum absolute atomic E-state index is 9.70. The van der Waals surface area contributed by atoms with Gasteiger partial charge >= 0.3 is 0 Å². The van der Waals surface area contributed by atoms with Crippen molar-refractivity contribution < 1.29 is 5.11 Å². The molecule has 0 unspecified atom stereocenters. The van der Waals surface area contributed by atoms with Crippen LogP contribution >= 0.6 is 36.4 Å². The maximum atomic E-state index is 9.70. The number of halogens is 3. The summed E-state index contributed by atoms with van der Waals surface area (Å²) in [6.45, 7) is 3.77. The lowest BCUT2D eigenvalue weighted by atomic mass is 10.2. The second kappa shape index (κ2) is 7.07. The maximum Gasteiger partial charge on any atom is 0.140 e. The Hall–Kier alpha value is -0.350. The third-order valence-corrected chi connectivity index (χ3v) is 2.63. The standard InChI is InChI=1S/C10H13ClN2O.2ClH/c11-8-1-2-9(10(14)7-8)13-5-3-12-4-6-13;;/h1-2,7,12,14H,3-6H2;2*1H. The number of anilines is 1. The Kier molecular flexibility index (Phi) is 6.91. The molecule has 1 fully saturated rings. The van der Waals surface area contributed by atoms with E-state index in [9.17, 15) is 5.11 Å². The van der Waals surface area contributed by atoms with Crippen molar-refractivity contribution in [3.05, 3.63) is 23.2 Å². The molecule has 0 amide bonds. The zero-order chi connectivity index (χ0) is 9.97. The van der Waals surface area contributed by atoms with Gasteiger partial charge in [-0.15, -0.1) is 24.8 Å². The Balaban J connectivity index is 0.00000112. The van der Waals surface area contributed by atoms with Crippen LogP contribution in [-0.4, -0.2) is 31.3 Å². The van der Waals surface area contributed by atoms with Crippen LogP contribution in [0.5, 0.6) is 5.75 Å². The number of phenols is 1. The van der Waals surface area contributed by atoms with E-state index in [1.54, 1.807) is 12.1 Å². The van der Waals surface area contributed by atoms with E-state index in [2.05, 4.69) is 10.2 Å². The molecule has 0 radical (unpaired) electrons. The van der Waals surface area contributed by atoms with Gasteiger partial charge in [0, 0.05) is 37.3 Å². The number of rotatable bonds is 1. The molecule has 2 rings (SSSR count). The molecule has 1 aromatic carbocycles. The summed E-state index contributed by atoms with van der Waals surface area (Å²) in [5.41, 5.74) is 0.871. The molecule has 0 aromatic heterocycles. The molecule has 3 nitrogen and oxygen atoms in total. The van der Waals surface area contributed by atoms with Crippen LogP contribution in [0.15, 0.2) is 18.2 Å². The second-order valence-corrected chi connectivity index (χ2v) is 3.81. The molecule has 1 aromatic rings. The largest absolute Gasteiger partial charge is 0.506 e. The molecule has 1 saturated heterocycles. The molecule has 16 heavy (non-hydrogen) atoms. The third kappa shape index (κ3) is 3.59. The molecule has 92 valence electrons. The van der Waals surface area contributed by atoms with Gasteiger partial charge in [0.1, 0.15) is 5.75 Å². The summed E-state index contributed by atoms with van der Waals surface area (Å²) in [5.74, 6) is 0.263. The Labute approximate surface area is 113 Å². The minimum atomic E-state index is 0. The molecule has 1 heterocycles. The summed E-state index contributed by atoms with van der Waals surface area (Å²) >= 11 is 5.77. The predicted octanol–water partition coefficient (Wildman–Crippen LogP) is 2.30. The fourth-order valence-corrected chi connectivity index (χ4v) is 1.84. The summed E-state index contributed by atoms with van der Waals surface area (Å²) in [7, 11) is 0. The molecule has 1 aliphatic heterocycles. The van der Waals surface area contributed by atoms with Crippen LogP contribution in [0.25, 0.3) is 0 Å². The van der Waals surface area contributed by atoms with Crippen LogP contribution in [0.1, 0.15) is 0 Å². The highest BCUT2D eigenvalue weighted by atomic mass is 35.5. The summed E-state index contributed by atoms with van der Waals surface area (Å²) in [6, 6.07) is 5.25. The average molecular weight is 286 g/mol. The molecule has 0 bridgehead atoms.